The van der Waals surface area contributed by atoms with E-state index in [-0.39, 0.29) is 12.3 Å². The standard InChI is InChI=1S/C16H20N4O3/c1-12-9-13(6-7-14(12)20-11-17-10-19-20)16(23)18-8-4-2-3-5-15(21)22/h6-7,9-11H,2-5,8H2,1H3,(H,18,23)(H,21,22). The minimum Gasteiger partial charge on any atom is -0.481 e. The van der Waals surface area contributed by atoms with Gasteiger partial charge < -0.3 is 10.4 Å². The number of aliphatic carboxylic acids is 1. The Hall–Kier alpha value is -2.70. The summed E-state index contributed by atoms with van der Waals surface area (Å²) in [5.74, 6) is -0.909. The summed E-state index contributed by atoms with van der Waals surface area (Å²) in [5, 5.41) is 15.5. The third-order valence-corrected chi connectivity index (χ3v) is 3.48. The normalized spacial score (nSPS) is 10.5. The lowest BCUT2D eigenvalue weighted by Gasteiger charge is -2.09. The van der Waals surface area contributed by atoms with E-state index in [9.17, 15) is 9.59 Å². The number of unbranched alkanes of at least 4 members (excludes halogenated alkanes) is 2. The molecule has 0 aliphatic heterocycles. The van der Waals surface area contributed by atoms with Crippen LogP contribution in [-0.4, -0.2) is 38.3 Å². The van der Waals surface area contributed by atoms with Gasteiger partial charge in [-0.25, -0.2) is 9.67 Å². The first-order chi connectivity index (χ1) is 11.1. The summed E-state index contributed by atoms with van der Waals surface area (Å²) < 4.78 is 1.65. The molecule has 0 aliphatic rings. The van der Waals surface area contributed by atoms with Crippen molar-refractivity contribution in [2.75, 3.05) is 6.54 Å². The smallest absolute Gasteiger partial charge is 0.303 e. The highest BCUT2D eigenvalue weighted by Gasteiger charge is 2.08. The zero-order valence-electron chi connectivity index (χ0n) is 13.0. The highest BCUT2D eigenvalue weighted by Crippen LogP contribution is 2.14. The molecule has 0 unspecified atom stereocenters. The lowest BCUT2D eigenvalue weighted by atomic mass is 10.1. The van der Waals surface area contributed by atoms with Crippen LogP contribution in [-0.2, 0) is 4.79 Å². The van der Waals surface area contributed by atoms with Crippen LogP contribution in [0.4, 0.5) is 0 Å². The Morgan fingerprint density at radius 3 is 2.74 bits per heavy atom. The van der Waals surface area contributed by atoms with Gasteiger partial charge in [-0.15, -0.1) is 0 Å². The van der Waals surface area contributed by atoms with Crippen LogP contribution in [0.25, 0.3) is 5.69 Å². The molecule has 2 rings (SSSR count). The van der Waals surface area contributed by atoms with E-state index < -0.39 is 5.97 Å². The van der Waals surface area contributed by atoms with Crippen LogP contribution in [0.2, 0.25) is 0 Å². The third kappa shape index (κ3) is 4.91. The molecule has 1 heterocycles. The van der Waals surface area contributed by atoms with E-state index in [2.05, 4.69) is 15.4 Å². The topological polar surface area (TPSA) is 97.1 Å². The predicted octanol–water partition coefficient (Wildman–Crippen LogP) is 1.95. The summed E-state index contributed by atoms with van der Waals surface area (Å²) in [6.45, 7) is 2.46. The molecular weight excluding hydrogens is 296 g/mol. The summed E-state index contributed by atoms with van der Waals surface area (Å²) in [4.78, 5) is 26.4. The SMILES string of the molecule is Cc1cc(C(=O)NCCCCCC(=O)O)ccc1-n1cncn1. The maximum absolute atomic E-state index is 12.1. The molecular formula is C16H20N4O3. The van der Waals surface area contributed by atoms with Gasteiger partial charge in [0.15, 0.2) is 0 Å². The second-order valence-electron chi connectivity index (χ2n) is 5.30. The second-order valence-corrected chi connectivity index (χ2v) is 5.30. The molecule has 1 amide bonds. The van der Waals surface area contributed by atoms with Crippen molar-refractivity contribution in [3.8, 4) is 5.69 Å². The van der Waals surface area contributed by atoms with Crippen molar-refractivity contribution in [3.05, 3.63) is 42.0 Å². The minimum atomic E-state index is -0.781. The number of rotatable bonds is 8. The molecule has 0 bridgehead atoms. The van der Waals surface area contributed by atoms with E-state index in [1.54, 1.807) is 17.1 Å². The number of aryl methyl sites for hydroxylation is 1. The number of nitrogens with zero attached hydrogens (tertiary/aromatic N) is 3. The molecule has 1 aromatic heterocycles. The fourth-order valence-electron chi connectivity index (χ4n) is 2.27. The number of carbonyl (C=O) groups is 2. The number of aromatic nitrogens is 3. The quantitative estimate of drug-likeness (QED) is 0.726. The molecule has 2 N–H and O–H groups in total. The van der Waals surface area contributed by atoms with Gasteiger partial charge in [0.05, 0.1) is 5.69 Å². The first kappa shape index (κ1) is 16.7. The Morgan fingerprint density at radius 1 is 1.26 bits per heavy atom. The minimum absolute atomic E-state index is 0.128. The van der Waals surface area contributed by atoms with Crippen LogP contribution in [0.5, 0.6) is 0 Å². The highest BCUT2D eigenvalue weighted by molar-refractivity contribution is 5.94. The van der Waals surface area contributed by atoms with Crippen LogP contribution in [0.3, 0.4) is 0 Å². The van der Waals surface area contributed by atoms with Gasteiger partial charge in [-0.1, -0.05) is 6.42 Å². The number of carboxylic acid groups (broad SMARTS) is 1. The van der Waals surface area contributed by atoms with Crippen molar-refractivity contribution in [1.82, 2.24) is 20.1 Å². The number of amides is 1. The Balaban J connectivity index is 1.83. The number of nitrogens with one attached hydrogen (secondary N) is 1. The molecule has 0 aliphatic carbocycles. The molecule has 1 aromatic carbocycles. The maximum atomic E-state index is 12.1. The molecule has 7 nitrogen and oxygen atoms in total. The Kier molecular flexibility index (Phi) is 5.85. The largest absolute Gasteiger partial charge is 0.481 e. The van der Waals surface area contributed by atoms with Gasteiger partial charge >= 0.3 is 5.97 Å². The van der Waals surface area contributed by atoms with Crippen molar-refractivity contribution in [3.63, 3.8) is 0 Å². The van der Waals surface area contributed by atoms with Crippen molar-refractivity contribution >= 4 is 11.9 Å². The van der Waals surface area contributed by atoms with Crippen LogP contribution in [0.15, 0.2) is 30.9 Å². The third-order valence-electron chi connectivity index (χ3n) is 3.48. The molecule has 0 spiro atoms. The molecule has 0 radical (unpaired) electrons. The number of carboxylic acids is 1. The molecule has 0 atom stereocenters. The van der Waals surface area contributed by atoms with Crippen LogP contribution in [0.1, 0.15) is 41.6 Å². The average Bonchev–Trinajstić information content (AvgIpc) is 3.04. The first-order valence-corrected chi connectivity index (χ1v) is 7.53. The van der Waals surface area contributed by atoms with Gasteiger partial charge in [0, 0.05) is 18.5 Å². The Labute approximate surface area is 134 Å². The fraction of sp³-hybridized carbons (Fsp3) is 0.375. The van der Waals surface area contributed by atoms with E-state index in [1.165, 1.54) is 6.33 Å². The van der Waals surface area contributed by atoms with E-state index in [0.29, 0.717) is 18.5 Å². The van der Waals surface area contributed by atoms with E-state index in [0.717, 1.165) is 24.1 Å². The van der Waals surface area contributed by atoms with Gasteiger partial charge in [0.1, 0.15) is 12.7 Å². The van der Waals surface area contributed by atoms with Gasteiger partial charge in [0.25, 0.3) is 5.91 Å². The fourth-order valence-corrected chi connectivity index (χ4v) is 2.27. The molecule has 23 heavy (non-hydrogen) atoms. The molecule has 0 fully saturated rings. The zero-order valence-corrected chi connectivity index (χ0v) is 13.0. The monoisotopic (exact) mass is 316 g/mol. The summed E-state index contributed by atoms with van der Waals surface area (Å²) in [5.41, 5.74) is 2.41. The molecule has 7 heteroatoms. The molecule has 2 aromatic rings. The van der Waals surface area contributed by atoms with Crippen LogP contribution < -0.4 is 5.32 Å². The van der Waals surface area contributed by atoms with Crippen molar-refractivity contribution in [1.29, 1.82) is 0 Å². The van der Waals surface area contributed by atoms with Gasteiger partial charge in [-0.05, 0) is 43.5 Å². The Morgan fingerprint density at radius 2 is 2.09 bits per heavy atom. The summed E-state index contributed by atoms with van der Waals surface area (Å²) in [6.07, 6.45) is 5.45. The number of carbonyl (C=O) groups excluding carboxylic acids is 1. The van der Waals surface area contributed by atoms with E-state index in [4.69, 9.17) is 5.11 Å². The Bertz CT molecular complexity index is 668. The number of benzene rings is 1. The van der Waals surface area contributed by atoms with Crippen molar-refractivity contribution in [2.45, 2.75) is 32.6 Å². The van der Waals surface area contributed by atoms with E-state index in [1.807, 2.05) is 19.1 Å². The summed E-state index contributed by atoms with van der Waals surface area (Å²) >= 11 is 0. The zero-order chi connectivity index (χ0) is 16.7. The van der Waals surface area contributed by atoms with Gasteiger partial charge in [-0.2, -0.15) is 5.10 Å². The molecule has 122 valence electrons. The average molecular weight is 316 g/mol. The lowest BCUT2D eigenvalue weighted by Crippen LogP contribution is -2.24. The second kappa shape index (κ2) is 8.07. The lowest BCUT2D eigenvalue weighted by molar-refractivity contribution is -0.137. The van der Waals surface area contributed by atoms with Gasteiger partial charge in [0.2, 0.25) is 0 Å². The maximum Gasteiger partial charge on any atom is 0.303 e. The van der Waals surface area contributed by atoms with Crippen LogP contribution >= 0.6 is 0 Å². The summed E-state index contributed by atoms with van der Waals surface area (Å²) in [6, 6.07) is 5.41. The van der Waals surface area contributed by atoms with E-state index >= 15 is 0 Å². The number of hydrogen-bond donors (Lipinski definition) is 2. The predicted molar refractivity (Wildman–Crippen MR) is 84.5 cm³/mol. The van der Waals surface area contributed by atoms with Gasteiger partial charge in [-0.3, -0.25) is 9.59 Å². The highest BCUT2D eigenvalue weighted by atomic mass is 16.4. The molecule has 0 saturated carbocycles. The first-order valence-electron chi connectivity index (χ1n) is 7.53. The summed E-state index contributed by atoms with van der Waals surface area (Å²) in [7, 11) is 0. The van der Waals surface area contributed by atoms with Crippen molar-refractivity contribution < 1.29 is 14.7 Å². The van der Waals surface area contributed by atoms with Crippen LogP contribution in [0, 0.1) is 6.92 Å². The number of hydrogen-bond acceptors (Lipinski definition) is 4. The van der Waals surface area contributed by atoms with Crippen molar-refractivity contribution in [2.24, 2.45) is 0 Å². The molecule has 0 saturated heterocycles.